The highest BCUT2D eigenvalue weighted by Gasteiger charge is 2.30. The molecule has 0 spiro atoms. The highest BCUT2D eigenvalue weighted by Crippen LogP contribution is 2.26. The van der Waals surface area contributed by atoms with Crippen LogP contribution in [0.5, 0.6) is 0 Å². The maximum absolute atomic E-state index is 13.1. The van der Waals surface area contributed by atoms with Crippen LogP contribution in [0.4, 0.5) is 5.69 Å². The second-order valence-electron chi connectivity index (χ2n) is 8.38. The van der Waals surface area contributed by atoms with Crippen molar-refractivity contribution in [3.05, 3.63) is 95.9 Å². The van der Waals surface area contributed by atoms with E-state index in [1.807, 2.05) is 18.2 Å². The van der Waals surface area contributed by atoms with Gasteiger partial charge in [-0.3, -0.25) is 24.2 Å². The Bertz CT molecular complexity index is 1490. The summed E-state index contributed by atoms with van der Waals surface area (Å²) < 4.78 is 0. The number of rotatable bonds is 5. The number of terminal acetylenes is 1. The number of fused-ring (bicyclic) bond motifs is 1. The number of nitrogens with one attached hydrogen (secondary N) is 2. The molecule has 0 aliphatic carbocycles. The van der Waals surface area contributed by atoms with Crippen molar-refractivity contribution in [3.63, 3.8) is 0 Å². The number of para-hydroxylation sites is 1. The van der Waals surface area contributed by atoms with E-state index in [9.17, 15) is 19.2 Å². The number of aromatic amines is 1. The van der Waals surface area contributed by atoms with E-state index in [0.29, 0.717) is 35.2 Å². The summed E-state index contributed by atoms with van der Waals surface area (Å²) in [4.78, 5) is 61.6. The first kappa shape index (κ1) is 25.9. The number of piperazine rings is 1. The zero-order valence-corrected chi connectivity index (χ0v) is 20.5. The molecule has 3 heterocycles. The topological polar surface area (TPSA) is 115 Å². The van der Waals surface area contributed by atoms with Crippen molar-refractivity contribution in [2.45, 2.75) is 0 Å². The molecule has 3 amide bonds. The number of Topliss-reactive ketones (excluding diaryl/α,β-unsaturated/α-hetero) is 1. The summed E-state index contributed by atoms with van der Waals surface area (Å²) in [5, 5.41) is 3.33. The third-order valence-corrected chi connectivity index (χ3v) is 6.17. The highest BCUT2D eigenvalue weighted by molar-refractivity contribution is 6.45. The summed E-state index contributed by atoms with van der Waals surface area (Å²) in [5.41, 5.74) is 2.10. The molecule has 5 rings (SSSR count). The van der Waals surface area contributed by atoms with E-state index in [2.05, 4.69) is 28.1 Å². The Balaban J connectivity index is 0.00000164. The van der Waals surface area contributed by atoms with Crippen LogP contribution in [0.3, 0.4) is 0 Å². The predicted molar refractivity (Wildman–Crippen MR) is 144 cm³/mol. The predicted octanol–water partition coefficient (Wildman–Crippen LogP) is 3.23. The second kappa shape index (κ2) is 11.7. The van der Waals surface area contributed by atoms with Crippen molar-refractivity contribution >= 4 is 40.1 Å². The number of hydrogen-bond acceptors (Lipinski definition) is 5. The van der Waals surface area contributed by atoms with Crippen molar-refractivity contribution in [3.8, 4) is 12.8 Å². The van der Waals surface area contributed by atoms with E-state index in [4.69, 9.17) is 0 Å². The largest absolute Gasteiger partial charge is 0.359 e. The Morgan fingerprint density at radius 1 is 0.816 bits per heavy atom. The van der Waals surface area contributed by atoms with E-state index in [1.54, 1.807) is 53.4 Å². The Morgan fingerprint density at radius 2 is 1.50 bits per heavy atom. The zero-order chi connectivity index (χ0) is 27.1. The number of nitrogens with zero attached hydrogens (tertiary/aromatic N) is 3. The van der Waals surface area contributed by atoms with Crippen LogP contribution >= 0.6 is 0 Å². The molecule has 1 aliphatic heterocycles. The van der Waals surface area contributed by atoms with Gasteiger partial charge in [0.25, 0.3) is 23.5 Å². The molecule has 4 aromatic rings. The molecule has 0 radical (unpaired) electrons. The fraction of sp³-hybridized carbons (Fsp3) is 0.138. The van der Waals surface area contributed by atoms with Crippen LogP contribution in [0.1, 0.15) is 31.2 Å². The summed E-state index contributed by atoms with van der Waals surface area (Å²) >= 11 is 0. The van der Waals surface area contributed by atoms with Crippen molar-refractivity contribution in [1.29, 1.82) is 0 Å². The number of aromatic nitrogens is 2. The van der Waals surface area contributed by atoms with E-state index in [0.717, 1.165) is 0 Å². The minimum atomic E-state index is -0.641. The SMILES string of the molecule is C#C.O=C(Nc1cccc2c(C(=O)C(=O)N3CCN(C(=O)c4ccccc4)CC3)c[nH]c12)c1ccccn1. The Morgan fingerprint density at radius 3 is 2.18 bits per heavy atom. The lowest BCUT2D eigenvalue weighted by Crippen LogP contribution is -2.52. The van der Waals surface area contributed by atoms with Gasteiger partial charge in [0.2, 0.25) is 0 Å². The van der Waals surface area contributed by atoms with Crippen LogP contribution in [-0.4, -0.2) is 69.5 Å². The van der Waals surface area contributed by atoms with Gasteiger partial charge in [-0.25, -0.2) is 0 Å². The van der Waals surface area contributed by atoms with E-state index < -0.39 is 11.7 Å². The molecule has 0 atom stereocenters. The molecule has 0 saturated carbocycles. The average molecular weight is 508 g/mol. The smallest absolute Gasteiger partial charge is 0.295 e. The third-order valence-electron chi connectivity index (χ3n) is 6.17. The molecule has 1 saturated heterocycles. The Hall–Kier alpha value is -5.23. The molecular formula is C29H25N5O4. The molecule has 2 N–H and O–H groups in total. The summed E-state index contributed by atoms with van der Waals surface area (Å²) in [6.45, 7) is 1.25. The molecule has 190 valence electrons. The molecule has 2 aromatic heterocycles. The van der Waals surface area contributed by atoms with Crippen LogP contribution in [0.15, 0.2) is 79.1 Å². The fourth-order valence-corrected chi connectivity index (χ4v) is 4.26. The van der Waals surface area contributed by atoms with Crippen molar-refractivity contribution in [2.24, 2.45) is 0 Å². The number of H-pyrrole nitrogens is 1. The Kier molecular flexibility index (Phi) is 7.94. The van der Waals surface area contributed by atoms with Gasteiger partial charge in [0.1, 0.15) is 5.69 Å². The molecule has 38 heavy (non-hydrogen) atoms. The van der Waals surface area contributed by atoms with Gasteiger partial charge in [0.15, 0.2) is 0 Å². The second-order valence-corrected chi connectivity index (χ2v) is 8.38. The number of pyridine rings is 1. The number of carbonyl (C=O) groups is 4. The standard InChI is InChI=1S/C27H23N5O4.C2H2/c33-24(27(36)32-15-13-31(14-16-32)26(35)18-7-2-1-3-8-18)20-17-29-23-19(20)9-6-11-21(23)30-25(34)22-10-4-5-12-28-22;1-2/h1-12,17,29H,13-16H2,(H,30,34);1-2H. The Labute approximate surface area is 219 Å². The third kappa shape index (κ3) is 5.29. The van der Waals surface area contributed by atoms with Gasteiger partial charge < -0.3 is 20.1 Å². The summed E-state index contributed by atoms with van der Waals surface area (Å²) in [7, 11) is 0. The van der Waals surface area contributed by atoms with E-state index in [1.165, 1.54) is 17.3 Å². The number of anilines is 1. The minimum absolute atomic E-state index is 0.0917. The maximum Gasteiger partial charge on any atom is 0.295 e. The van der Waals surface area contributed by atoms with Crippen molar-refractivity contribution in [2.75, 3.05) is 31.5 Å². The van der Waals surface area contributed by atoms with Crippen LogP contribution in [0, 0.1) is 12.8 Å². The first-order valence-corrected chi connectivity index (χ1v) is 11.9. The zero-order valence-electron chi connectivity index (χ0n) is 20.5. The number of hydrogen-bond donors (Lipinski definition) is 2. The quantitative estimate of drug-likeness (QED) is 0.245. The lowest BCUT2D eigenvalue weighted by molar-refractivity contribution is -0.127. The average Bonchev–Trinajstić information content (AvgIpc) is 3.43. The number of amides is 3. The normalized spacial score (nSPS) is 12.8. The van der Waals surface area contributed by atoms with Gasteiger partial charge in [-0.15, -0.1) is 12.8 Å². The minimum Gasteiger partial charge on any atom is -0.359 e. The summed E-state index contributed by atoms with van der Waals surface area (Å²) in [5.74, 6) is -1.74. The summed E-state index contributed by atoms with van der Waals surface area (Å²) in [6.07, 6.45) is 11.0. The molecule has 1 aliphatic rings. The summed E-state index contributed by atoms with van der Waals surface area (Å²) in [6, 6.07) is 19.2. The van der Waals surface area contributed by atoms with Crippen LogP contribution in [0.25, 0.3) is 10.9 Å². The van der Waals surface area contributed by atoms with Crippen LogP contribution in [0.2, 0.25) is 0 Å². The van der Waals surface area contributed by atoms with Crippen LogP contribution in [-0.2, 0) is 4.79 Å². The van der Waals surface area contributed by atoms with Crippen molar-refractivity contribution in [1.82, 2.24) is 19.8 Å². The monoisotopic (exact) mass is 507 g/mol. The van der Waals surface area contributed by atoms with E-state index in [-0.39, 0.29) is 36.2 Å². The molecule has 1 fully saturated rings. The molecular weight excluding hydrogens is 482 g/mol. The van der Waals surface area contributed by atoms with Gasteiger partial charge >= 0.3 is 0 Å². The van der Waals surface area contributed by atoms with Gasteiger partial charge in [0, 0.05) is 49.5 Å². The van der Waals surface area contributed by atoms with E-state index >= 15 is 0 Å². The van der Waals surface area contributed by atoms with Crippen molar-refractivity contribution < 1.29 is 19.2 Å². The fourth-order valence-electron chi connectivity index (χ4n) is 4.26. The first-order chi connectivity index (χ1) is 18.5. The number of benzene rings is 2. The lowest BCUT2D eigenvalue weighted by Gasteiger charge is -2.34. The van der Waals surface area contributed by atoms with Crippen LogP contribution < -0.4 is 5.32 Å². The highest BCUT2D eigenvalue weighted by atomic mass is 16.2. The maximum atomic E-state index is 13.1. The molecule has 0 unspecified atom stereocenters. The number of carbonyl (C=O) groups excluding carboxylic acids is 4. The van der Waals surface area contributed by atoms with Gasteiger partial charge in [0.05, 0.1) is 16.8 Å². The molecule has 9 nitrogen and oxygen atoms in total. The van der Waals surface area contributed by atoms with Gasteiger partial charge in [-0.1, -0.05) is 36.4 Å². The van der Waals surface area contributed by atoms with Gasteiger partial charge in [-0.05, 0) is 30.3 Å². The number of ketones is 1. The van der Waals surface area contributed by atoms with Gasteiger partial charge in [-0.2, -0.15) is 0 Å². The molecule has 9 heteroatoms. The lowest BCUT2D eigenvalue weighted by atomic mass is 10.1. The first-order valence-electron chi connectivity index (χ1n) is 11.9. The molecule has 2 aromatic carbocycles. The molecule has 0 bridgehead atoms.